The van der Waals surface area contributed by atoms with E-state index in [1.54, 1.807) is 18.2 Å². The topological polar surface area (TPSA) is 41.8 Å². The van der Waals surface area contributed by atoms with Gasteiger partial charge in [-0.25, -0.2) is 0 Å². The minimum absolute atomic E-state index is 0.215. The molecule has 0 bridgehead atoms. The molecule has 0 radical (unpaired) electrons. The molecule has 0 saturated heterocycles. The molecule has 0 aliphatic carbocycles. The Labute approximate surface area is 81.4 Å². The molecule has 0 atom stereocenters. The van der Waals surface area contributed by atoms with Gasteiger partial charge in [-0.05, 0) is 18.4 Å². The lowest BCUT2D eigenvalue weighted by Crippen LogP contribution is -1.95. The van der Waals surface area contributed by atoms with Gasteiger partial charge in [0.1, 0.15) is 17.9 Å². The first kappa shape index (κ1) is 9.92. The molecule has 1 aromatic rings. The molecule has 0 fully saturated rings. The maximum Gasteiger partial charge on any atom is 0.146 e. The number of thioether (sulfide) groups is 1. The van der Waals surface area contributed by atoms with Crippen molar-refractivity contribution in [2.45, 2.75) is 0 Å². The highest BCUT2D eigenvalue weighted by atomic mass is 32.2. The number of oxime groups is 1. The maximum atomic E-state index is 9.49. The molecule has 1 rings (SSSR count). The average Bonchev–Trinajstić information content (AvgIpc) is 2.16. The first-order valence-electron chi connectivity index (χ1n) is 3.73. The normalized spacial score (nSPS) is 11.4. The van der Waals surface area contributed by atoms with E-state index >= 15 is 0 Å². The van der Waals surface area contributed by atoms with Crippen molar-refractivity contribution in [2.24, 2.45) is 5.16 Å². The first-order valence-corrected chi connectivity index (χ1v) is 4.95. The van der Waals surface area contributed by atoms with Crippen LogP contribution in [0, 0.1) is 0 Å². The summed E-state index contributed by atoms with van der Waals surface area (Å²) in [5.41, 5.74) is 0.692. The fourth-order valence-electron chi connectivity index (χ4n) is 0.934. The van der Waals surface area contributed by atoms with Gasteiger partial charge in [-0.1, -0.05) is 17.3 Å². The molecule has 0 amide bonds. The summed E-state index contributed by atoms with van der Waals surface area (Å²) in [6.07, 6.45) is 1.88. The van der Waals surface area contributed by atoms with Crippen LogP contribution in [0.3, 0.4) is 0 Å². The second-order valence-corrected chi connectivity index (χ2v) is 3.10. The Bertz CT molecular complexity index is 312. The molecule has 1 aromatic carbocycles. The minimum Gasteiger partial charge on any atom is -0.507 e. The average molecular weight is 197 g/mol. The highest BCUT2D eigenvalue weighted by Gasteiger charge is 2.06. The second-order valence-electron chi connectivity index (χ2n) is 2.30. The fraction of sp³-hybridized carbons (Fsp3) is 0.222. The summed E-state index contributed by atoms with van der Waals surface area (Å²) in [5, 5.41) is 13.9. The van der Waals surface area contributed by atoms with Gasteiger partial charge >= 0.3 is 0 Å². The highest BCUT2D eigenvalue weighted by Crippen LogP contribution is 2.21. The van der Waals surface area contributed by atoms with Gasteiger partial charge in [0.25, 0.3) is 0 Å². The van der Waals surface area contributed by atoms with Crippen LogP contribution in [-0.2, 0) is 4.84 Å². The van der Waals surface area contributed by atoms with Crippen molar-refractivity contribution in [3.63, 3.8) is 0 Å². The van der Waals surface area contributed by atoms with Crippen molar-refractivity contribution in [1.82, 2.24) is 0 Å². The monoisotopic (exact) mass is 197 g/mol. The lowest BCUT2D eigenvalue weighted by molar-refractivity contribution is 0.215. The van der Waals surface area contributed by atoms with Crippen LogP contribution in [0.25, 0.3) is 0 Å². The third kappa shape index (κ3) is 2.39. The van der Waals surface area contributed by atoms with Crippen LogP contribution in [0.4, 0.5) is 0 Å². The Morgan fingerprint density at radius 1 is 1.46 bits per heavy atom. The van der Waals surface area contributed by atoms with E-state index in [1.807, 2.05) is 12.3 Å². The molecule has 0 heterocycles. The van der Waals surface area contributed by atoms with E-state index in [9.17, 15) is 5.11 Å². The molecule has 0 aliphatic rings. The predicted octanol–water partition coefficient (Wildman–Crippen LogP) is 2.06. The maximum absolute atomic E-state index is 9.49. The summed E-state index contributed by atoms with van der Waals surface area (Å²) in [6, 6.07) is 7.03. The number of phenolic OH excluding ortho intramolecular Hbond substituents is 1. The number of phenols is 1. The Kier molecular flexibility index (Phi) is 3.64. The summed E-state index contributed by atoms with van der Waals surface area (Å²) < 4.78 is 0. The molecule has 0 aromatic heterocycles. The fourth-order valence-corrected chi connectivity index (χ4v) is 1.48. The van der Waals surface area contributed by atoms with Gasteiger partial charge in [-0.3, -0.25) is 0 Å². The van der Waals surface area contributed by atoms with Crippen LogP contribution >= 0.6 is 11.8 Å². The smallest absolute Gasteiger partial charge is 0.146 e. The number of nitrogens with zero attached hydrogens (tertiary/aromatic N) is 1. The molecule has 0 saturated carbocycles. The summed E-state index contributed by atoms with van der Waals surface area (Å²) >= 11 is 1.43. The summed E-state index contributed by atoms with van der Waals surface area (Å²) in [5.74, 6) is 0.215. The third-order valence-electron chi connectivity index (χ3n) is 1.50. The zero-order chi connectivity index (χ0) is 9.68. The molecule has 0 aliphatic heterocycles. The SMILES string of the molecule is CO/N=C(/SC)c1ccccc1O. The number of hydrogen-bond donors (Lipinski definition) is 1. The Hall–Kier alpha value is -1.16. The molecule has 1 N–H and O–H groups in total. The number of aromatic hydroxyl groups is 1. The molecule has 3 nitrogen and oxygen atoms in total. The van der Waals surface area contributed by atoms with E-state index < -0.39 is 0 Å². The lowest BCUT2D eigenvalue weighted by atomic mass is 10.2. The zero-order valence-electron chi connectivity index (χ0n) is 7.52. The van der Waals surface area contributed by atoms with Gasteiger partial charge in [-0.15, -0.1) is 11.8 Å². The Morgan fingerprint density at radius 3 is 2.69 bits per heavy atom. The van der Waals surface area contributed by atoms with Crippen LogP contribution in [0.15, 0.2) is 29.4 Å². The van der Waals surface area contributed by atoms with E-state index in [4.69, 9.17) is 0 Å². The van der Waals surface area contributed by atoms with E-state index in [0.29, 0.717) is 10.6 Å². The van der Waals surface area contributed by atoms with Crippen LogP contribution < -0.4 is 0 Å². The summed E-state index contributed by atoms with van der Waals surface area (Å²) in [7, 11) is 1.48. The first-order chi connectivity index (χ1) is 6.29. The van der Waals surface area contributed by atoms with E-state index in [2.05, 4.69) is 9.99 Å². The predicted molar refractivity (Wildman–Crippen MR) is 55.2 cm³/mol. The number of benzene rings is 1. The van der Waals surface area contributed by atoms with Gasteiger partial charge in [-0.2, -0.15) is 0 Å². The Balaban J connectivity index is 3.05. The quantitative estimate of drug-likeness (QED) is 0.448. The van der Waals surface area contributed by atoms with Crippen molar-refractivity contribution in [1.29, 1.82) is 0 Å². The van der Waals surface area contributed by atoms with Crippen LogP contribution in [-0.4, -0.2) is 23.5 Å². The van der Waals surface area contributed by atoms with Crippen molar-refractivity contribution < 1.29 is 9.94 Å². The van der Waals surface area contributed by atoms with Gasteiger partial charge in [0.2, 0.25) is 0 Å². The molecule has 13 heavy (non-hydrogen) atoms. The van der Waals surface area contributed by atoms with E-state index in [-0.39, 0.29) is 5.75 Å². The lowest BCUT2D eigenvalue weighted by Gasteiger charge is -2.03. The molecule has 4 heteroatoms. The van der Waals surface area contributed by atoms with Gasteiger partial charge in [0, 0.05) is 0 Å². The highest BCUT2D eigenvalue weighted by molar-refractivity contribution is 8.13. The molecular weight excluding hydrogens is 186 g/mol. The van der Waals surface area contributed by atoms with Crippen molar-refractivity contribution in [3.8, 4) is 5.75 Å². The minimum atomic E-state index is 0.215. The van der Waals surface area contributed by atoms with Crippen molar-refractivity contribution >= 4 is 16.8 Å². The second kappa shape index (κ2) is 4.77. The zero-order valence-corrected chi connectivity index (χ0v) is 8.34. The Morgan fingerprint density at radius 2 is 2.15 bits per heavy atom. The third-order valence-corrected chi connectivity index (χ3v) is 2.18. The molecule has 70 valence electrons. The molecular formula is C9H11NO2S. The standard InChI is InChI=1S/C9H11NO2S/c1-12-10-9(13-2)7-5-3-4-6-8(7)11/h3-6,11H,1-2H3/b10-9+. The van der Waals surface area contributed by atoms with E-state index in [1.165, 1.54) is 18.9 Å². The van der Waals surface area contributed by atoms with Crippen LogP contribution in [0.2, 0.25) is 0 Å². The van der Waals surface area contributed by atoms with E-state index in [0.717, 1.165) is 0 Å². The number of rotatable bonds is 2. The van der Waals surface area contributed by atoms with Crippen molar-refractivity contribution in [2.75, 3.05) is 13.4 Å². The van der Waals surface area contributed by atoms with Crippen LogP contribution in [0.1, 0.15) is 5.56 Å². The van der Waals surface area contributed by atoms with Gasteiger partial charge < -0.3 is 9.94 Å². The molecule has 0 unspecified atom stereocenters. The largest absolute Gasteiger partial charge is 0.507 e. The number of para-hydroxylation sites is 1. The number of hydrogen-bond acceptors (Lipinski definition) is 4. The summed E-state index contributed by atoms with van der Waals surface area (Å²) in [4.78, 5) is 4.66. The van der Waals surface area contributed by atoms with Gasteiger partial charge in [0.15, 0.2) is 0 Å². The van der Waals surface area contributed by atoms with Gasteiger partial charge in [0.05, 0.1) is 5.56 Å². The summed E-state index contributed by atoms with van der Waals surface area (Å²) in [6.45, 7) is 0. The van der Waals surface area contributed by atoms with Crippen LogP contribution in [0.5, 0.6) is 5.75 Å². The van der Waals surface area contributed by atoms with Crippen molar-refractivity contribution in [3.05, 3.63) is 29.8 Å². The molecule has 0 spiro atoms.